The van der Waals surface area contributed by atoms with Gasteiger partial charge in [-0.3, -0.25) is 0 Å². The molecule has 1 aliphatic carbocycles. The highest BCUT2D eigenvalue weighted by molar-refractivity contribution is 6.29. The fourth-order valence-corrected chi connectivity index (χ4v) is 2.41. The molecular formula is C15H16ClN3. The lowest BCUT2D eigenvalue weighted by atomic mass is 10.1. The summed E-state index contributed by atoms with van der Waals surface area (Å²) in [6, 6.07) is 8.11. The molecule has 1 fully saturated rings. The molecule has 0 spiro atoms. The number of aromatic nitrogens is 2. The maximum absolute atomic E-state index is 6.06. The van der Waals surface area contributed by atoms with Crippen LogP contribution in [0.25, 0.3) is 0 Å². The minimum Gasteiger partial charge on any atom is -0.340 e. The zero-order valence-corrected chi connectivity index (χ0v) is 11.8. The fraction of sp³-hybridized carbons (Fsp3) is 0.333. The Kier molecular flexibility index (Phi) is 3.15. The van der Waals surface area contributed by atoms with Crippen LogP contribution < -0.4 is 5.32 Å². The second-order valence-corrected chi connectivity index (χ2v) is 5.60. The Balaban J connectivity index is 1.89. The van der Waals surface area contributed by atoms with E-state index >= 15 is 0 Å². The summed E-state index contributed by atoms with van der Waals surface area (Å²) in [5.41, 5.74) is 3.49. The largest absolute Gasteiger partial charge is 0.340 e. The van der Waals surface area contributed by atoms with Crippen molar-refractivity contribution in [1.82, 2.24) is 9.97 Å². The lowest BCUT2D eigenvalue weighted by Crippen LogP contribution is -2.00. The van der Waals surface area contributed by atoms with Crippen molar-refractivity contribution in [3.63, 3.8) is 0 Å². The van der Waals surface area contributed by atoms with Crippen molar-refractivity contribution in [3.05, 3.63) is 46.4 Å². The maximum atomic E-state index is 6.06. The summed E-state index contributed by atoms with van der Waals surface area (Å²) in [5, 5.41) is 3.82. The van der Waals surface area contributed by atoms with Crippen LogP contribution in [0.5, 0.6) is 0 Å². The standard InChI is InChI=1S/C15H16ClN3/c1-9-5-10(2)7-12(6-9)17-14-8-13(16)18-15(19-14)11-3-4-11/h5-8,11H,3-4H2,1-2H3,(H,17,18,19). The molecule has 3 rings (SSSR count). The Hall–Kier alpha value is -1.61. The summed E-state index contributed by atoms with van der Waals surface area (Å²) >= 11 is 6.06. The molecule has 19 heavy (non-hydrogen) atoms. The molecule has 3 nitrogen and oxygen atoms in total. The number of nitrogens with one attached hydrogen (secondary N) is 1. The van der Waals surface area contributed by atoms with E-state index in [1.807, 2.05) is 0 Å². The number of benzene rings is 1. The second kappa shape index (κ2) is 4.82. The van der Waals surface area contributed by atoms with E-state index in [0.717, 1.165) is 17.3 Å². The van der Waals surface area contributed by atoms with E-state index in [-0.39, 0.29) is 0 Å². The van der Waals surface area contributed by atoms with Crippen LogP contribution in [0, 0.1) is 13.8 Å². The molecule has 2 aromatic rings. The Labute approximate surface area is 118 Å². The number of hydrogen-bond acceptors (Lipinski definition) is 3. The molecule has 98 valence electrons. The molecule has 4 heteroatoms. The van der Waals surface area contributed by atoms with Crippen LogP contribution in [-0.4, -0.2) is 9.97 Å². The molecule has 0 amide bonds. The van der Waals surface area contributed by atoms with E-state index in [2.05, 4.69) is 47.3 Å². The fourth-order valence-electron chi connectivity index (χ4n) is 2.22. The SMILES string of the molecule is Cc1cc(C)cc(Nc2cc(Cl)nc(C3CC3)n2)c1. The van der Waals surface area contributed by atoms with Gasteiger partial charge in [0, 0.05) is 17.7 Å². The molecule has 0 aliphatic heterocycles. The number of hydrogen-bond donors (Lipinski definition) is 1. The first-order chi connectivity index (χ1) is 9.10. The highest BCUT2D eigenvalue weighted by Crippen LogP contribution is 2.39. The molecule has 0 atom stereocenters. The number of anilines is 2. The van der Waals surface area contributed by atoms with Crippen LogP contribution in [0.3, 0.4) is 0 Å². The van der Waals surface area contributed by atoms with E-state index in [1.54, 1.807) is 6.07 Å². The van der Waals surface area contributed by atoms with Crippen molar-refractivity contribution in [2.45, 2.75) is 32.6 Å². The zero-order chi connectivity index (χ0) is 13.4. The highest BCUT2D eigenvalue weighted by Gasteiger charge is 2.27. The van der Waals surface area contributed by atoms with Crippen LogP contribution in [-0.2, 0) is 0 Å². The van der Waals surface area contributed by atoms with Crippen LogP contribution >= 0.6 is 11.6 Å². The van der Waals surface area contributed by atoms with E-state index in [1.165, 1.54) is 24.0 Å². The van der Waals surface area contributed by atoms with Gasteiger partial charge in [0.2, 0.25) is 0 Å². The monoisotopic (exact) mass is 273 g/mol. The predicted octanol–water partition coefficient (Wildman–Crippen LogP) is 4.37. The van der Waals surface area contributed by atoms with Crippen molar-refractivity contribution in [2.75, 3.05) is 5.32 Å². The van der Waals surface area contributed by atoms with E-state index < -0.39 is 0 Å². The van der Waals surface area contributed by atoms with Gasteiger partial charge in [0.15, 0.2) is 0 Å². The van der Waals surface area contributed by atoms with Crippen molar-refractivity contribution < 1.29 is 0 Å². The molecule has 1 saturated carbocycles. The molecule has 0 radical (unpaired) electrons. The first kappa shape index (κ1) is 12.4. The van der Waals surface area contributed by atoms with Crippen molar-refractivity contribution in [1.29, 1.82) is 0 Å². The predicted molar refractivity (Wildman–Crippen MR) is 78.2 cm³/mol. The Morgan fingerprint density at radius 3 is 2.37 bits per heavy atom. The Bertz CT molecular complexity index is 601. The van der Waals surface area contributed by atoms with Gasteiger partial charge in [-0.1, -0.05) is 17.7 Å². The lowest BCUT2D eigenvalue weighted by molar-refractivity contribution is 0.931. The first-order valence-electron chi connectivity index (χ1n) is 6.50. The summed E-state index contributed by atoms with van der Waals surface area (Å²) in [4.78, 5) is 8.83. The third-order valence-corrected chi connectivity index (χ3v) is 3.34. The van der Waals surface area contributed by atoms with Crippen LogP contribution in [0.15, 0.2) is 24.3 Å². The molecule has 1 N–H and O–H groups in total. The second-order valence-electron chi connectivity index (χ2n) is 5.21. The van der Waals surface area contributed by atoms with Gasteiger partial charge in [-0.05, 0) is 49.9 Å². The third-order valence-electron chi connectivity index (χ3n) is 3.15. The van der Waals surface area contributed by atoms with Crippen molar-refractivity contribution in [2.24, 2.45) is 0 Å². The average molecular weight is 274 g/mol. The molecular weight excluding hydrogens is 258 g/mol. The van der Waals surface area contributed by atoms with Gasteiger partial charge in [0.05, 0.1) is 0 Å². The average Bonchev–Trinajstić information content (AvgIpc) is 3.09. The van der Waals surface area contributed by atoms with Gasteiger partial charge in [0.25, 0.3) is 0 Å². The quantitative estimate of drug-likeness (QED) is 0.844. The summed E-state index contributed by atoms with van der Waals surface area (Å²) < 4.78 is 0. The van der Waals surface area contributed by atoms with Crippen molar-refractivity contribution >= 4 is 23.1 Å². The van der Waals surface area contributed by atoms with Gasteiger partial charge in [-0.2, -0.15) is 0 Å². The minimum absolute atomic E-state index is 0.499. The maximum Gasteiger partial charge on any atom is 0.135 e. The lowest BCUT2D eigenvalue weighted by Gasteiger charge is -2.09. The summed E-state index contributed by atoms with van der Waals surface area (Å²) in [7, 11) is 0. The topological polar surface area (TPSA) is 37.8 Å². The molecule has 1 aliphatic rings. The van der Waals surface area contributed by atoms with E-state index in [0.29, 0.717) is 11.1 Å². The number of rotatable bonds is 3. The van der Waals surface area contributed by atoms with E-state index in [4.69, 9.17) is 11.6 Å². The number of nitrogens with zero attached hydrogens (tertiary/aromatic N) is 2. The molecule has 0 bridgehead atoms. The van der Waals surface area contributed by atoms with Crippen LogP contribution in [0.4, 0.5) is 11.5 Å². The zero-order valence-electron chi connectivity index (χ0n) is 11.1. The summed E-state index contributed by atoms with van der Waals surface area (Å²) in [6.45, 7) is 4.17. The third kappa shape index (κ3) is 3.04. The Morgan fingerprint density at radius 2 is 1.74 bits per heavy atom. The van der Waals surface area contributed by atoms with Gasteiger partial charge in [-0.25, -0.2) is 9.97 Å². The molecule has 1 aromatic heterocycles. The molecule has 0 unspecified atom stereocenters. The molecule has 1 heterocycles. The van der Waals surface area contributed by atoms with Gasteiger partial charge >= 0.3 is 0 Å². The van der Waals surface area contributed by atoms with Gasteiger partial charge in [0.1, 0.15) is 16.8 Å². The van der Waals surface area contributed by atoms with Crippen LogP contribution in [0.1, 0.15) is 35.7 Å². The smallest absolute Gasteiger partial charge is 0.135 e. The molecule has 1 aromatic carbocycles. The minimum atomic E-state index is 0.499. The number of aryl methyl sites for hydroxylation is 2. The summed E-state index contributed by atoms with van der Waals surface area (Å²) in [6.07, 6.45) is 2.34. The first-order valence-corrected chi connectivity index (χ1v) is 6.88. The van der Waals surface area contributed by atoms with Crippen LogP contribution in [0.2, 0.25) is 5.15 Å². The van der Waals surface area contributed by atoms with Gasteiger partial charge < -0.3 is 5.32 Å². The normalized spacial score (nSPS) is 14.5. The Morgan fingerprint density at radius 1 is 1.05 bits per heavy atom. The van der Waals surface area contributed by atoms with Gasteiger partial charge in [-0.15, -0.1) is 0 Å². The summed E-state index contributed by atoms with van der Waals surface area (Å²) in [5.74, 6) is 2.13. The number of halogens is 1. The van der Waals surface area contributed by atoms with E-state index in [9.17, 15) is 0 Å². The van der Waals surface area contributed by atoms with Crippen molar-refractivity contribution in [3.8, 4) is 0 Å². The molecule has 0 saturated heterocycles. The highest BCUT2D eigenvalue weighted by atomic mass is 35.5.